The van der Waals surface area contributed by atoms with Crippen LogP contribution in [0.25, 0.3) is 0 Å². The molecular weight excluding hydrogens is 236 g/mol. The first-order valence-electron chi connectivity index (χ1n) is 7.32. The van der Waals surface area contributed by atoms with Crippen LogP contribution in [0.15, 0.2) is 24.3 Å². The number of amides is 1. The highest BCUT2D eigenvalue weighted by atomic mass is 16.2. The molecule has 19 heavy (non-hydrogen) atoms. The largest absolute Gasteiger partial charge is 0.371 e. The fourth-order valence-electron chi connectivity index (χ4n) is 2.79. The Bertz CT molecular complexity index is 468. The Hall–Kier alpha value is -1.51. The van der Waals surface area contributed by atoms with Gasteiger partial charge < -0.3 is 10.2 Å². The highest BCUT2D eigenvalue weighted by Gasteiger charge is 2.30. The smallest absolute Gasteiger partial charge is 0.223 e. The molecule has 1 atom stereocenters. The maximum atomic E-state index is 11.6. The van der Waals surface area contributed by atoms with Gasteiger partial charge in [0.1, 0.15) is 0 Å². The number of aryl methyl sites for hydroxylation is 1. The molecule has 3 rings (SSSR count). The summed E-state index contributed by atoms with van der Waals surface area (Å²) >= 11 is 0. The maximum absolute atomic E-state index is 11.6. The number of carbonyl (C=O) groups is 1. The minimum Gasteiger partial charge on any atom is -0.371 e. The summed E-state index contributed by atoms with van der Waals surface area (Å²) < 4.78 is 0. The summed E-state index contributed by atoms with van der Waals surface area (Å²) in [5.74, 6) is 1.20. The molecule has 0 aromatic heterocycles. The molecule has 1 aromatic rings. The van der Waals surface area contributed by atoms with Crippen molar-refractivity contribution in [3.63, 3.8) is 0 Å². The molecule has 1 N–H and O–H groups in total. The van der Waals surface area contributed by atoms with Crippen molar-refractivity contribution >= 4 is 11.6 Å². The van der Waals surface area contributed by atoms with E-state index in [1.807, 2.05) is 0 Å². The summed E-state index contributed by atoms with van der Waals surface area (Å²) in [5.41, 5.74) is 2.62. The summed E-state index contributed by atoms with van der Waals surface area (Å²) in [5, 5.41) is 3.10. The highest BCUT2D eigenvalue weighted by molar-refractivity contribution is 5.80. The van der Waals surface area contributed by atoms with Gasteiger partial charge >= 0.3 is 0 Å². The highest BCUT2D eigenvalue weighted by Crippen LogP contribution is 2.29. The number of hydrogen-bond donors (Lipinski definition) is 1. The molecule has 0 spiro atoms. The molecule has 1 saturated carbocycles. The topological polar surface area (TPSA) is 32.3 Å². The molecule has 2 aliphatic rings. The zero-order valence-electron chi connectivity index (χ0n) is 11.6. The van der Waals surface area contributed by atoms with Crippen LogP contribution in [0, 0.1) is 18.8 Å². The molecule has 0 radical (unpaired) electrons. The van der Waals surface area contributed by atoms with Crippen LogP contribution in [-0.2, 0) is 4.79 Å². The van der Waals surface area contributed by atoms with Gasteiger partial charge in [-0.2, -0.15) is 0 Å². The number of rotatable bonds is 4. The molecule has 1 saturated heterocycles. The van der Waals surface area contributed by atoms with E-state index < -0.39 is 0 Å². The standard InChI is InChI=1S/C16H22N2O/c1-12-3-2-4-15(9-12)18-8-7-13(11-18)10-17-16(19)14-5-6-14/h2-4,9,13-14H,5-8,10-11H2,1H3,(H,17,19). The number of nitrogens with zero attached hydrogens (tertiary/aromatic N) is 1. The zero-order valence-corrected chi connectivity index (χ0v) is 11.6. The molecule has 1 heterocycles. The van der Waals surface area contributed by atoms with Crippen molar-refractivity contribution in [3.8, 4) is 0 Å². The number of anilines is 1. The third-order valence-electron chi connectivity index (χ3n) is 4.17. The number of benzene rings is 1. The fraction of sp³-hybridized carbons (Fsp3) is 0.562. The van der Waals surface area contributed by atoms with Crippen molar-refractivity contribution in [2.24, 2.45) is 11.8 Å². The van der Waals surface area contributed by atoms with E-state index in [-0.39, 0.29) is 5.91 Å². The lowest BCUT2D eigenvalue weighted by atomic mass is 10.1. The van der Waals surface area contributed by atoms with Gasteiger partial charge in [-0.3, -0.25) is 4.79 Å². The Morgan fingerprint density at radius 1 is 1.37 bits per heavy atom. The van der Waals surface area contributed by atoms with E-state index in [9.17, 15) is 4.79 Å². The summed E-state index contributed by atoms with van der Waals surface area (Å²) in [6.07, 6.45) is 3.36. The average molecular weight is 258 g/mol. The van der Waals surface area contributed by atoms with Crippen LogP contribution in [-0.4, -0.2) is 25.5 Å². The van der Waals surface area contributed by atoms with Crippen molar-refractivity contribution < 1.29 is 4.79 Å². The quantitative estimate of drug-likeness (QED) is 0.899. The van der Waals surface area contributed by atoms with Crippen molar-refractivity contribution in [1.29, 1.82) is 0 Å². The minimum absolute atomic E-state index is 0.272. The zero-order chi connectivity index (χ0) is 13.2. The number of carbonyl (C=O) groups excluding carboxylic acids is 1. The van der Waals surface area contributed by atoms with Crippen LogP contribution in [0.2, 0.25) is 0 Å². The molecule has 0 bridgehead atoms. The van der Waals surface area contributed by atoms with E-state index in [1.165, 1.54) is 17.7 Å². The Balaban J connectivity index is 1.50. The molecular formula is C16H22N2O. The number of hydrogen-bond acceptors (Lipinski definition) is 2. The lowest BCUT2D eigenvalue weighted by Gasteiger charge is -2.19. The van der Waals surface area contributed by atoms with Crippen LogP contribution >= 0.6 is 0 Å². The van der Waals surface area contributed by atoms with Crippen LogP contribution in [0.3, 0.4) is 0 Å². The van der Waals surface area contributed by atoms with Gasteiger partial charge in [0.05, 0.1) is 0 Å². The van der Waals surface area contributed by atoms with Gasteiger partial charge in [-0.25, -0.2) is 0 Å². The SMILES string of the molecule is Cc1cccc(N2CCC(CNC(=O)C3CC3)C2)c1. The molecule has 1 aliphatic heterocycles. The first-order chi connectivity index (χ1) is 9.22. The Kier molecular flexibility index (Phi) is 3.45. The Labute approximate surface area is 115 Å². The third-order valence-corrected chi connectivity index (χ3v) is 4.17. The molecule has 2 fully saturated rings. The lowest BCUT2D eigenvalue weighted by molar-refractivity contribution is -0.122. The second-order valence-corrected chi connectivity index (χ2v) is 5.96. The second kappa shape index (κ2) is 5.24. The first-order valence-corrected chi connectivity index (χ1v) is 7.32. The van der Waals surface area contributed by atoms with E-state index in [4.69, 9.17) is 0 Å². The van der Waals surface area contributed by atoms with E-state index in [2.05, 4.69) is 41.4 Å². The fourth-order valence-corrected chi connectivity index (χ4v) is 2.79. The van der Waals surface area contributed by atoms with Gasteiger partial charge in [0.15, 0.2) is 0 Å². The van der Waals surface area contributed by atoms with Gasteiger partial charge in [-0.1, -0.05) is 12.1 Å². The van der Waals surface area contributed by atoms with Gasteiger partial charge in [0.2, 0.25) is 5.91 Å². The van der Waals surface area contributed by atoms with Crippen molar-refractivity contribution in [1.82, 2.24) is 5.32 Å². The Morgan fingerprint density at radius 3 is 2.95 bits per heavy atom. The van der Waals surface area contributed by atoms with Crippen molar-refractivity contribution in [2.75, 3.05) is 24.5 Å². The summed E-state index contributed by atoms with van der Waals surface area (Å²) in [4.78, 5) is 14.1. The summed E-state index contributed by atoms with van der Waals surface area (Å²) in [6.45, 7) is 5.15. The lowest BCUT2D eigenvalue weighted by Crippen LogP contribution is -2.31. The molecule has 1 unspecified atom stereocenters. The van der Waals surface area contributed by atoms with E-state index in [0.717, 1.165) is 32.5 Å². The van der Waals surface area contributed by atoms with E-state index >= 15 is 0 Å². The van der Waals surface area contributed by atoms with Crippen LogP contribution < -0.4 is 10.2 Å². The van der Waals surface area contributed by atoms with E-state index in [1.54, 1.807) is 0 Å². The maximum Gasteiger partial charge on any atom is 0.223 e. The number of nitrogens with one attached hydrogen (secondary N) is 1. The first kappa shape index (κ1) is 12.5. The molecule has 102 valence electrons. The predicted octanol–water partition coefficient (Wildman–Crippen LogP) is 2.35. The van der Waals surface area contributed by atoms with Crippen LogP contribution in [0.4, 0.5) is 5.69 Å². The monoisotopic (exact) mass is 258 g/mol. The van der Waals surface area contributed by atoms with Gasteiger partial charge in [-0.15, -0.1) is 0 Å². The molecule has 1 aromatic carbocycles. The van der Waals surface area contributed by atoms with Gasteiger partial charge in [-0.05, 0) is 49.8 Å². The Morgan fingerprint density at radius 2 is 2.21 bits per heavy atom. The predicted molar refractivity (Wildman–Crippen MR) is 77.2 cm³/mol. The van der Waals surface area contributed by atoms with Crippen molar-refractivity contribution in [2.45, 2.75) is 26.2 Å². The second-order valence-electron chi connectivity index (χ2n) is 5.96. The van der Waals surface area contributed by atoms with Crippen LogP contribution in [0.1, 0.15) is 24.8 Å². The normalized spacial score (nSPS) is 22.6. The third kappa shape index (κ3) is 3.09. The molecule has 1 aliphatic carbocycles. The average Bonchev–Trinajstić information content (AvgIpc) is 3.15. The van der Waals surface area contributed by atoms with Crippen LogP contribution in [0.5, 0.6) is 0 Å². The van der Waals surface area contributed by atoms with E-state index in [0.29, 0.717) is 11.8 Å². The molecule has 3 nitrogen and oxygen atoms in total. The minimum atomic E-state index is 0.272. The van der Waals surface area contributed by atoms with Crippen molar-refractivity contribution in [3.05, 3.63) is 29.8 Å². The molecule has 3 heteroatoms. The summed E-state index contributed by atoms with van der Waals surface area (Å²) in [7, 11) is 0. The van der Waals surface area contributed by atoms with Gasteiger partial charge in [0.25, 0.3) is 0 Å². The summed E-state index contributed by atoms with van der Waals surface area (Å²) in [6, 6.07) is 8.67. The molecule has 1 amide bonds. The van der Waals surface area contributed by atoms with Gasteiger partial charge in [0, 0.05) is 31.2 Å².